The summed E-state index contributed by atoms with van der Waals surface area (Å²) in [6.07, 6.45) is 0.523. The first kappa shape index (κ1) is 17.3. The van der Waals surface area contributed by atoms with Crippen LogP contribution >= 0.6 is 11.8 Å². The van der Waals surface area contributed by atoms with Gasteiger partial charge in [0.25, 0.3) is 0 Å². The topological polar surface area (TPSA) is 63.2 Å². The number of thioether (sulfide) groups is 1. The zero-order valence-electron chi connectivity index (χ0n) is 13.6. The molecule has 128 valence electrons. The van der Waals surface area contributed by atoms with E-state index in [9.17, 15) is 13.2 Å². The summed E-state index contributed by atoms with van der Waals surface area (Å²) in [5.41, 5.74) is 1.21. The van der Waals surface area contributed by atoms with Crippen molar-refractivity contribution in [1.29, 1.82) is 0 Å². The van der Waals surface area contributed by atoms with Gasteiger partial charge < -0.3 is 5.32 Å². The van der Waals surface area contributed by atoms with Gasteiger partial charge in [-0.2, -0.15) is 0 Å². The van der Waals surface area contributed by atoms with Crippen LogP contribution in [-0.4, -0.2) is 37.1 Å². The minimum absolute atomic E-state index is 0.0689. The minimum atomic E-state index is -2.97. The number of hydrogen-bond donors (Lipinski definition) is 1. The van der Waals surface area contributed by atoms with Crippen molar-refractivity contribution in [3.63, 3.8) is 0 Å². The third-order valence-corrected chi connectivity index (χ3v) is 7.28. The number of carbonyl (C=O) groups excluding carboxylic acids is 1. The number of hydrogen-bond acceptors (Lipinski definition) is 4. The van der Waals surface area contributed by atoms with E-state index in [2.05, 4.69) is 29.6 Å². The first-order chi connectivity index (χ1) is 11.4. The Labute approximate surface area is 146 Å². The highest BCUT2D eigenvalue weighted by Gasteiger charge is 2.29. The number of nitrogens with one attached hydrogen (secondary N) is 1. The lowest BCUT2D eigenvalue weighted by Crippen LogP contribution is -2.40. The van der Waals surface area contributed by atoms with Gasteiger partial charge >= 0.3 is 0 Å². The molecule has 2 aromatic rings. The third kappa shape index (κ3) is 4.11. The van der Waals surface area contributed by atoms with Crippen molar-refractivity contribution in [2.45, 2.75) is 30.4 Å². The molecule has 3 rings (SSSR count). The summed E-state index contributed by atoms with van der Waals surface area (Å²) in [5.74, 6) is 0.913. The van der Waals surface area contributed by atoms with Crippen LogP contribution in [0.15, 0.2) is 42.5 Å². The maximum atomic E-state index is 12.3. The van der Waals surface area contributed by atoms with Gasteiger partial charge in [-0.25, -0.2) is 8.42 Å². The summed E-state index contributed by atoms with van der Waals surface area (Å²) in [6, 6.07) is 14.2. The van der Waals surface area contributed by atoms with Crippen molar-refractivity contribution < 1.29 is 13.2 Å². The van der Waals surface area contributed by atoms with Gasteiger partial charge in [0.1, 0.15) is 0 Å². The van der Waals surface area contributed by atoms with E-state index >= 15 is 0 Å². The van der Waals surface area contributed by atoms with Gasteiger partial charge in [-0.1, -0.05) is 42.5 Å². The van der Waals surface area contributed by atoms with E-state index in [1.807, 2.05) is 25.1 Å². The maximum absolute atomic E-state index is 12.3. The molecule has 2 atom stereocenters. The van der Waals surface area contributed by atoms with Gasteiger partial charge in [0.15, 0.2) is 9.84 Å². The Morgan fingerprint density at radius 2 is 2.00 bits per heavy atom. The van der Waals surface area contributed by atoms with Crippen LogP contribution in [-0.2, 0) is 20.4 Å². The van der Waals surface area contributed by atoms with E-state index < -0.39 is 9.84 Å². The molecule has 0 spiro atoms. The Balaban J connectivity index is 1.58. The van der Waals surface area contributed by atoms with Gasteiger partial charge in [0.05, 0.1) is 16.8 Å². The molecule has 1 N–H and O–H groups in total. The zero-order valence-corrected chi connectivity index (χ0v) is 15.2. The lowest BCUT2D eigenvalue weighted by atomic mass is 10.1. The molecule has 0 saturated carbocycles. The highest BCUT2D eigenvalue weighted by Crippen LogP contribution is 2.25. The van der Waals surface area contributed by atoms with Crippen LogP contribution < -0.4 is 5.32 Å². The van der Waals surface area contributed by atoms with Gasteiger partial charge in [-0.15, -0.1) is 11.8 Å². The molecule has 1 saturated heterocycles. The second-order valence-corrected chi connectivity index (χ2v) is 9.76. The quantitative estimate of drug-likeness (QED) is 0.887. The Bertz CT molecular complexity index is 843. The van der Waals surface area contributed by atoms with E-state index in [-0.39, 0.29) is 28.7 Å². The number of rotatable bonds is 5. The molecule has 1 aliphatic rings. The second-order valence-electron chi connectivity index (χ2n) is 6.20. The molecule has 1 aliphatic heterocycles. The Morgan fingerprint density at radius 1 is 1.25 bits per heavy atom. The largest absolute Gasteiger partial charge is 0.351 e. The standard InChI is InChI=1S/C18H21NO3S2/c1-13(18(20)19-16-9-10-24(21,22)12-16)23-11-15-7-4-6-14-5-2-3-8-17(14)15/h2-8,13,16H,9-12H2,1H3,(H,19,20). The van der Waals surface area contributed by atoms with Crippen molar-refractivity contribution in [1.82, 2.24) is 5.32 Å². The smallest absolute Gasteiger partial charge is 0.233 e. The molecule has 0 radical (unpaired) electrons. The highest BCUT2D eigenvalue weighted by atomic mass is 32.2. The molecular formula is C18H21NO3S2. The lowest BCUT2D eigenvalue weighted by molar-refractivity contribution is -0.120. The highest BCUT2D eigenvalue weighted by molar-refractivity contribution is 7.99. The van der Waals surface area contributed by atoms with Gasteiger partial charge in [0.2, 0.25) is 5.91 Å². The zero-order chi connectivity index (χ0) is 17.2. The number of benzene rings is 2. The van der Waals surface area contributed by atoms with Crippen molar-refractivity contribution in [2.24, 2.45) is 0 Å². The minimum Gasteiger partial charge on any atom is -0.351 e. The van der Waals surface area contributed by atoms with E-state index in [4.69, 9.17) is 0 Å². The molecule has 1 amide bonds. The summed E-state index contributed by atoms with van der Waals surface area (Å²) >= 11 is 1.57. The van der Waals surface area contributed by atoms with E-state index in [0.717, 1.165) is 5.75 Å². The van der Waals surface area contributed by atoms with Crippen LogP contribution in [0.5, 0.6) is 0 Å². The molecule has 1 fully saturated rings. The summed E-state index contributed by atoms with van der Waals surface area (Å²) < 4.78 is 22.9. The molecule has 24 heavy (non-hydrogen) atoms. The average Bonchev–Trinajstić information content (AvgIpc) is 2.91. The monoisotopic (exact) mass is 363 g/mol. The molecule has 4 nitrogen and oxygen atoms in total. The molecule has 6 heteroatoms. The fraction of sp³-hybridized carbons (Fsp3) is 0.389. The van der Waals surface area contributed by atoms with Gasteiger partial charge in [-0.3, -0.25) is 4.79 Å². The van der Waals surface area contributed by atoms with Crippen LogP contribution in [0.3, 0.4) is 0 Å². The van der Waals surface area contributed by atoms with E-state index in [1.165, 1.54) is 16.3 Å². The van der Waals surface area contributed by atoms with Crippen molar-refractivity contribution in [3.05, 3.63) is 48.0 Å². The molecule has 0 aliphatic carbocycles. The predicted molar refractivity (Wildman–Crippen MR) is 99.9 cm³/mol. The SMILES string of the molecule is CC(SCc1cccc2ccccc12)C(=O)NC1CCS(=O)(=O)C1. The summed E-state index contributed by atoms with van der Waals surface area (Å²) in [6.45, 7) is 1.87. The predicted octanol–water partition coefficient (Wildman–Crippen LogP) is 2.76. The van der Waals surface area contributed by atoms with Crippen LogP contribution in [0.4, 0.5) is 0 Å². The molecule has 0 aromatic heterocycles. The second kappa shape index (κ2) is 7.15. The molecular weight excluding hydrogens is 342 g/mol. The van der Waals surface area contributed by atoms with Crippen molar-refractivity contribution in [3.8, 4) is 0 Å². The molecule has 2 unspecified atom stereocenters. The number of sulfone groups is 1. The number of fused-ring (bicyclic) bond motifs is 1. The third-order valence-electron chi connectivity index (χ3n) is 4.32. The van der Waals surface area contributed by atoms with Crippen LogP contribution in [0.2, 0.25) is 0 Å². The normalized spacial score (nSPS) is 20.8. The summed E-state index contributed by atoms with van der Waals surface area (Å²) in [5, 5.41) is 5.06. The summed E-state index contributed by atoms with van der Waals surface area (Å²) in [4.78, 5) is 12.3. The maximum Gasteiger partial charge on any atom is 0.233 e. The molecule has 0 bridgehead atoms. The molecule has 2 aromatic carbocycles. The van der Waals surface area contributed by atoms with E-state index in [1.54, 1.807) is 11.8 Å². The number of amides is 1. The number of carbonyl (C=O) groups is 1. The van der Waals surface area contributed by atoms with Crippen molar-refractivity contribution >= 4 is 38.3 Å². The fourth-order valence-corrected chi connectivity index (χ4v) is 5.51. The van der Waals surface area contributed by atoms with Gasteiger partial charge in [0, 0.05) is 11.8 Å². The first-order valence-electron chi connectivity index (χ1n) is 8.04. The fourth-order valence-electron chi connectivity index (χ4n) is 2.94. The van der Waals surface area contributed by atoms with Crippen LogP contribution in [0, 0.1) is 0 Å². The molecule has 1 heterocycles. The van der Waals surface area contributed by atoms with Gasteiger partial charge in [-0.05, 0) is 29.7 Å². The van der Waals surface area contributed by atoms with Crippen LogP contribution in [0.1, 0.15) is 18.9 Å². The van der Waals surface area contributed by atoms with Crippen LogP contribution in [0.25, 0.3) is 10.8 Å². The Kier molecular flexibility index (Phi) is 5.15. The summed E-state index contributed by atoms with van der Waals surface area (Å²) in [7, 11) is -2.97. The first-order valence-corrected chi connectivity index (χ1v) is 10.9. The lowest BCUT2D eigenvalue weighted by Gasteiger charge is -2.16. The van der Waals surface area contributed by atoms with Crippen molar-refractivity contribution in [2.75, 3.05) is 11.5 Å². The Hall–Kier alpha value is -1.53. The Morgan fingerprint density at radius 3 is 2.75 bits per heavy atom. The van der Waals surface area contributed by atoms with E-state index in [0.29, 0.717) is 6.42 Å². The average molecular weight is 364 g/mol.